The van der Waals surface area contributed by atoms with Crippen molar-refractivity contribution in [1.29, 1.82) is 0 Å². The summed E-state index contributed by atoms with van der Waals surface area (Å²) >= 11 is 0. The molecule has 0 bridgehead atoms. The number of carbonyl (C=O) groups is 4. The Labute approximate surface area is 313 Å². The second-order valence-corrected chi connectivity index (χ2v) is 15.6. The third kappa shape index (κ3) is 7.42. The number of aliphatic hydroxyl groups excluding tert-OH is 1. The van der Waals surface area contributed by atoms with Gasteiger partial charge in [-0.05, 0) is 80.6 Å². The minimum Gasteiger partial charge on any atom is -0.465 e. The molecule has 1 aromatic carbocycles. The highest BCUT2D eigenvalue weighted by atomic mass is 16.9. The van der Waals surface area contributed by atoms with Crippen LogP contribution in [0.15, 0.2) is 48.1 Å². The zero-order valence-electron chi connectivity index (χ0n) is 30.9. The molecule has 1 heterocycles. The standard InChI is InChI=1S/C39H50N2O13/c1-4-7-33-53-32-20-28-27-13-10-24-19-25(42)14-15-37(24,2)34(27)30(43)21-38(28,3)39(32,54-33)31(44)22-50-36(46)52-26-11-8-23(9-12-26)18-29(40)35(45)49-16-5-6-17-51-41(47)48/h8-12,14-15,27-30,32-34,43H,4-7,13,16-22,40H2,1-3H3/t27-,28-,29?,30-,32+,33?,34+,37-,38-,39?/m0/s1. The van der Waals surface area contributed by atoms with Gasteiger partial charge in [0.2, 0.25) is 5.78 Å². The van der Waals surface area contributed by atoms with Crippen molar-refractivity contribution in [1.82, 2.24) is 0 Å². The molecule has 1 aromatic rings. The Kier molecular flexibility index (Phi) is 11.6. The highest BCUT2D eigenvalue weighted by molar-refractivity contribution is 5.94. The zero-order valence-corrected chi connectivity index (χ0v) is 30.9. The average Bonchev–Trinajstić information content (AvgIpc) is 3.61. The van der Waals surface area contributed by atoms with Gasteiger partial charge in [0.05, 0.1) is 25.4 Å². The van der Waals surface area contributed by atoms with Crippen molar-refractivity contribution in [3.63, 3.8) is 0 Å². The number of ketones is 2. The minimum atomic E-state index is -1.44. The van der Waals surface area contributed by atoms with Crippen LogP contribution in [-0.2, 0) is 44.6 Å². The van der Waals surface area contributed by atoms with Gasteiger partial charge < -0.3 is 39.4 Å². The van der Waals surface area contributed by atoms with Crippen LogP contribution in [0.4, 0.5) is 4.79 Å². The first kappa shape index (κ1) is 39.5. The number of esters is 1. The van der Waals surface area contributed by atoms with Crippen molar-refractivity contribution in [2.24, 2.45) is 34.3 Å². The van der Waals surface area contributed by atoms with Gasteiger partial charge in [0.1, 0.15) is 11.8 Å². The molecule has 3 N–H and O–H groups in total. The molecule has 0 spiro atoms. The van der Waals surface area contributed by atoms with Gasteiger partial charge in [0.15, 0.2) is 24.3 Å². The number of unbranched alkanes of at least 4 members (excludes halogenated alkanes) is 1. The largest absolute Gasteiger partial charge is 0.514 e. The Morgan fingerprint density at radius 2 is 1.87 bits per heavy atom. The fourth-order valence-corrected chi connectivity index (χ4v) is 9.93. The van der Waals surface area contributed by atoms with Crippen LogP contribution in [0.2, 0.25) is 0 Å². The molecule has 10 atom stereocenters. The molecule has 0 radical (unpaired) electrons. The fraction of sp³-hybridized carbons (Fsp3) is 0.641. The summed E-state index contributed by atoms with van der Waals surface area (Å²) in [5, 5.41) is 21.2. The number of ether oxygens (including phenoxy) is 5. The number of carbonyl (C=O) groups excluding carboxylic acids is 4. The second kappa shape index (κ2) is 15.9. The Hall–Kier alpha value is -4.18. The highest BCUT2D eigenvalue weighted by Gasteiger charge is 2.75. The SMILES string of the molecule is CCCC1O[C@@H]2C[C@H]3[C@@H]4CC=C5CC(=O)C=C[C@]5(C)[C@H]4[C@@H](O)C[C@]3(C)C2(C(=O)COC(=O)Oc2ccc(CC(N)C(=O)OCCCCO[N+](=O)[O-])cc2)O1. The van der Waals surface area contributed by atoms with Crippen LogP contribution in [-0.4, -0.2) is 83.8 Å². The number of hydrogen-bond donors (Lipinski definition) is 2. The molecule has 54 heavy (non-hydrogen) atoms. The molecule has 1 aliphatic heterocycles. The van der Waals surface area contributed by atoms with E-state index in [0.29, 0.717) is 44.1 Å². The van der Waals surface area contributed by atoms with Gasteiger partial charge in [-0.3, -0.25) is 14.4 Å². The monoisotopic (exact) mass is 754 g/mol. The summed E-state index contributed by atoms with van der Waals surface area (Å²) in [6.45, 7) is 5.44. The Balaban J connectivity index is 1.07. The number of allylic oxidation sites excluding steroid dienone is 4. The number of aliphatic hydroxyl groups is 1. The van der Waals surface area contributed by atoms with E-state index in [1.807, 2.05) is 19.9 Å². The zero-order chi connectivity index (χ0) is 38.8. The van der Waals surface area contributed by atoms with Gasteiger partial charge in [-0.1, -0.05) is 57.0 Å². The lowest BCUT2D eigenvalue weighted by molar-refractivity contribution is -0.757. The Morgan fingerprint density at radius 3 is 2.59 bits per heavy atom. The number of benzene rings is 1. The van der Waals surface area contributed by atoms with E-state index < -0.39 is 70.6 Å². The first-order chi connectivity index (χ1) is 25.7. The molecule has 0 amide bonds. The number of hydrogen-bond acceptors (Lipinski definition) is 14. The average molecular weight is 755 g/mol. The number of nitrogens with two attached hydrogens (primary N) is 1. The quantitative estimate of drug-likeness (QED) is 0.0637. The topological polar surface area (TPSA) is 213 Å². The number of rotatable bonds is 15. The third-order valence-corrected chi connectivity index (χ3v) is 12.4. The van der Waals surface area contributed by atoms with E-state index in [-0.39, 0.29) is 55.3 Å². The highest BCUT2D eigenvalue weighted by Crippen LogP contribution is 2.69. The van der Waals surface area contributed by atoms with Crippen LogP contribution < -0.4 is 10.5 Å². The first-order valence-corrected chi connectivity index (χ1v) is 18.8. The van der Waals surface area contributed by atoms with Gasteiger partial charge in [-0.25, -0.2) is 4.79 Å². The van der Waals surface area contributed by atoms with Crippen LogP contribution in [0.3, 0.4) is 0 Å². The van der Waals surface area contributed by atoms with Crippen molar-refractivity contribution in [3.05, 3.63) is 63.7 Å². The van der Waals surface area contributed by atoms with Crippen LogP contribution in [0.25, 0.3) is 0 Å². The maximum atomic E-state index is 14.4. The summed E-state index contributed by atoms with van der Waals surface area (Å²) in [6.07, 6.45) is 6.75. The molecule has 15 heteroatoms. The van der Waals surface area contributed by atoms with E-state index in [0.717, 1.165) is 12.0 Å². The molecule has 3 fully saturated rings. The van der Waals surface area contributed by atoms with E-state index in [2.05, 4.69) is 17.8 Å². The van der Waals surface area contributed by atoms with E-state index in [4.69, 9.17) is 29.4 Å². The molecular weight excluding hydrogens is 704 g/mol. The second-order valence-electron chi connectivity index (χ2n) is 15.6. The van der Waals surface area contributed by atoms with Gasteiger partial charge >= 0.3 is 12.1 Å². The smallest absolute Gasteiger partial charge is 0.465 e. The van der Waals surface area contributed by atoms with E-state index in [9.17, 15) is 34.4 Å². The normalized spacial score (nSPS) is 34.0. The van der Waals surface area contributed by atoms with Crippen LogP contribution in [0.5, 0.6) is 5.75 Å². The molecule has 3 unspecified atom stereocenters. The molecule has 1 saturated heterocycles. The number of nitrogens with zero attached hydrogens (tertiary/aromatic N) is 1. The Morgan fingerprint density at radius 1 is 1.13 bits per heavy atom. The predicted molar refractivity (Wildman–Crippen MR) is 189 cm³/mol. The van der Waals surface area contributed by atoms with Crippen molar-refractivity contribution >= 4 is 23.7 Å². The first-order valence-electron chi connectivity index (χ1n) is 18.8. The molecule has 15 nitrogen and oxygen atoms in total. The minimum absolute atomic E-state index is 0.0151. The Bertz CT molecular complexity index is 1680. The number of fused-ring (bicyclic) bond motifs is 7. The summed E-state index contributed by atoms with van der Waals surface area (Å²) in [5.41, 5.74) is 4.96. The lowest BCUT2D eigenvalue weighted by Gasteiger charge is -2.59. The van der Waals surface area contributed by atoms with Crippen molar-refractivity contribution in [2.75, 3.05) is 19.8 Å². The number of Topliss-reactive ketones (excluding diaryl/α,β-unsaturated/α-hetero) is 1. The summed E-state index contributed by atoms with van der Waals surface area (Å²) in [4.78, 5) is 66.2. The summed E-state index contributed by atoms with van der Waals surface area (Å²) < 4.78 is 28.9. The van der Waals surface area contributed by atoms with Crippen LogP contribution in [0, 0.1) is 38.7 Å². The molecule has 2 saturated carbocycles. The summed E-state index contributed by atoms with van der Waals surface area (Å²) in [6, 6.07) is 5.32. The van der Waals surface area contributed by atoms with Gasteiger partial charge in [0.25, 0.3) is 5.09 Å². The predicted octanol–water partition coefficient (Wildman–Crippen LogP) is 4.34. The van der Waals surface area contributed by atoms with Crippen molar-refractivity contribution < 1.29 is 57.9 Å². The third-order valence-electron chi connectivity index (χ3n) is 12.4. The lowest BCUT2D eigenvalue weighted by Crippen LogP contribution is -2.63. The molecule has 294 valence electrons. The maximum Gasteiger partial charge on any atom is 0.514 e. The van der Waals surface area contributed by atoms with E-state index >= 15 is 0 Å². The van der Waals surface area contributed by atoms with Gasteiger partial charge in [-0.2, -0.15) is 0 Å². The summed E-state index contributed by atoms with van der Waals surface area (Å²) in [5.74, 6) is -1.02. The van der Waals surface area contributed by atoms with Gasteiger partial charge in [-0.15, -0.1) is 10.1 Å². The maximum absolute atomic E-state index is 14.4. The summed E-state index contributed by atoms with van der Waals surface area (Å²) in [7, 11) is 0. The molecule has 6 rings (SSSR count). The molecular formula is C39H50N2O13. The molecule has 4 aliphatic carbocycles. The van der Waals surface area contributed by atoms with Crippen LogP contribution >= 0.6 is 0 Å². The van der Waals surface area contributed by atoms with Crippen molar-refractivity contribution in [3.8, 4) is 5.75 Å². The van der Waals surface area contributed by atoms with E-state index in [1.54, 1.807) is 18.2 Å². The van der Waals surface area contributed by atoms with Gasteiger partial charge in [0, 0.05) is 23.2 Å². The fourth-order valence-electron chi connectivity index (χ4n) is 9.93. The van der Waals surface area contributed by atoms with Crippen molar-refractivity contribution in [2.45, 2.75) is 109 Å². The van der Waals surface area contributed by atoms with E-state index in [1.165, 1.54) is 12.1 Å². The molecule has 0 aromatic heterocycles. The lowest BCUT2D eigenvalue weighted by atomic mass is 9.47. The van der Waals surface area contributed by atoms with Crippen LogP contribution in [0.1, 0.15) is 77.7 Å². The molecule has 5 aliphatic rings.